The van der Waals surface area contributed by atoms with Crippen molar-refractivity contribution in [2.24, 2.45) is 0 Å². The molecule has 1 aliphatic heterocycles. The number of amides is 3. The third-order valence-corrected chi connectivity index (χ3v) is 2.31. The Hall–Kier alpha value is -2.44. The number of rotatable bonds is 4. The van der Waals surface area contributed by atoms with Crippen LogP contribution in [0.2, 0.25) is 0 Å². The summed E-state index contributed by atoms with van der Waals surface area (Å²) in [5, 5.41) is 4.51. The van der Waals surface area contributed by atoms with E-state index in [0.29, 0.717) is 5.75 Å². The highest BCUT2D eigenvalue weighted by Gasteiger charge is 2.31. The molecule has 1 fully saturated rings. The van der Waals surface area contributed by atoms with Crippen LogP contribution < -0.4 is 15.4 Å². The molecule has 3 amide bonds. The van der Waals surface area contributed by atoms with Crippen molar-refractivity contribution in [3.05, 3.63) is 24.5 Å². The number of imide groups is 1. The van der Waals surface area contributed by atoms with Crippen LogP contribution in [0.5, 0.6) is 5.75 Å². The van der Waals surface area contributed by atoms with E-state index in [1.165, 1.54) is 6.20 Å². The Bertz CT molecular complexity index is 474. The van der Waals surface area contributed by atoms with E-state index in [9.17, 15) is 14.4 Å². The van der Waals surface area contributed by atoms with Gasteiger partial charge in [0, 0.05) is 6.20 Å². The molecule has 94 valence electrons. The lowest BCUT2D eigenvalue weighted by Crippen LogP contribution is -2.42. The number of carbonyl (C=O) groups excluding carboxylic acids is 3. The number of nitrogens with zero attached hydrogens (tertiary/aromatic N) is 1. The van der Waals surface area contributed by atoms with Crippen LogP contribution in [-0.2, 0) is 14.4 Å². The molecule has 0 saturated carbocycles. The Morgan fingerprint density at radius 2 is 2.39 bits per heavy atom. The van der Waals surface area contributed by atoms with Crippen LogP contribution in [0, 0.1) is 0 Å². The van der Waals surface area contributed by atoms with Crippen molar-refractivity contribution in [3.8, 4) is 5.75 Å². The number of nitrogens with one attached hydrogen (secondary N) is 2. The minimum Gasteiger partial charge on any atom is -0.482 e. The summed E-state index contributed by atoms with van der Waals surface area (Å²) in [6.45, 7) is -0.232. The molecular formula is C11H11N3O4. The minimum absolute atomic E-state index is 0.0303. The molecule has 1 unspecified atom stereocenters. The second-order valence-corrected chi connectivity index (χ2v) is 3.71. The second-order valence-electron chi connectivity index (χ2n) is 3.71. The average molecular weight is 249 g/mol. The van der Waals surface area contributed by atoms with Crippen LogP contribution >= 0.6 is 0 Å². The average Bonchev–Trinajstić information content (AvgIpc) is 2.67. The maximum atomic E-state index is 11.5. The van der Waals surface area contributed by atoms with E-state index in [0.717, 1.165) is 0 Å². The summed E-state index contributed by atoms with van der Waals surface area (Å²) < 4.78 is 5.15. The van der Waals surface area contributed by atoms with Gasteiger partial charge in [0.2, 0.25) is 11.8 Å². The summed E-state index contributed by atoms with van der Waals surface area (Å²) in [6.07, 6.45) is 3.03. The molecule has 1 saturated heterocycles. The summed E-state index contributed by atoms with van der Waals surface area (Å²) in [4.78, 5) is 37.4. The Morgan fingerprint density at radius 3 is 3.00 bits per heavy atom. The van der Waals surface area contributed by atoms with Crippen LogP contribution in [0.15, 0.2) is 24.5 Å². The summed E-state index contributed by atoms with van der Waals surface area (Å²) in [7, 11) is 0. The molecule has 1 aliphatic rings. The van der Waals surface area contributed by atoms with Gasteiger partial charge in [0.05, 0.1) is 12.6 Å². The molecule has 1 aromatic heterocycles. The maximum Gasteiger partial charge on any atom is 0.258 e. The Kier molecular flexibility index (Phi) is 3.52. The molecule has 1 atom stereocenters. The third kappa shape index (κ3) is 3.03. The van der Waals surface area contributed by atoms with Gasteiger partial charge in [-0.25, -0.2) is 0 Å². The first-order valence-electron chi connectivity index (χ1n) is 5.31. The van der Waals surface area contributed by atoms with Gasteiger partial charge in [-0.3, -0.25) is 24.7 Å². The quantitative estimate of drug-likeness (QED) is 0.666. The van der Waals surface area contributed by atoms with Crippen molar-refractivity contribution in [2.45, 2.75) is 12.5 Å². The molecule has 1 aromatic rings. The Morgan fingerprint density at radius 1 is 1.56 bits per heavy atom. The van der Waals surface area contributed by atoms with Gasteiger partial charge in [0.1, 0.15) is 11.8 Å². The topological polar surface area (TPSA) is 97.4 Å². The van der Waals surface area contributed by atoms with E-state index in [2.05, 4.69) is 15.6 Å². The Balaban J connectivity index is 1.79. The van der Waals surface area contributed by atoms with Crippen molar-refractivity contribution in [1.82, 2.24) is 15.6 Å². The van der Waals surface area contributed by atoms with Crippen LogP contribution in [0.1, 0.15) is 6.42 Å². The van der Waals surface area contributed by atoms with E-state index in [1.54, 1.807) is 18.3 Å². The highest BCUT2D eigenvalue weighted by atomic mass is 16.5. The third-order valence-electron chi connectivity index (χ3n) is 2.31. The van der Waals surface area contributed by atoms with Crippen LogP contribution in [0.3, 0.4) is 0 Å². The zero-order chi connectivity index (χ0) is 13.0. The molecule has 0 aliphatic carbocycles. The lowest BCUT2D eigenvalue weighted by molar-refractivity contribution is -0.129. The van der Waals surface area contributed by atoms with Gasteiger partial charge in [-0.2, -0.15) is 0 Å². The summed E-state index contributed by atoms with van der Waals surface area (Å²) in [5.41, 5.74) is 0. The van der Waals surface area contributed by atoms with Gasteiger partial charge in [-0.1, -0.05) is 0 Å². The molecule has 2 rings (SSSR count). The lowest BCUT2D eigenvalue weighted by Gasteiger charge is -2.09. The van der Waals surface area contributed by atoms with E-state index >= 15 is 0 Å². The van der Waals surface area contributed by atoms with Gasteiger partial charge in [0.15, 0.2) is 6.61 Å². The minimum atomic E-state index is -0.803. The predicted octanol–water partition coefficient (Wildman–Crippen LogP) is -1.01. The predicted molar refractivity (Wildman–Crippen MR) is 59.4 cm³/mol. The molecule has 0 aromatic carbocycles. The fourth-order valence-electron chi connectivity index (χ4n) is 1.49. The van der Waals surface area contributed by atoms with E-state index in [-0.39, 0.29) is 13.0 Å². The molecule has 18 heavy (non-hydrogen) atoms. The molecule has 7 nitrogen and oxygen atoms in total. The first-order chi connectivity index (χ1) is 8.65. The summed E-state index contributed by atoms with van der Waals surface area (Å²) in [5.74, 6) is -0.887. The number of aromatic nitrogens is 1. The molecule has 0 bridgehead atoms. The number of ether oxygens (including phenoxy) is 1. The molecular weight excluding hydrogens is 238 g/mol. The van der Waals surface area contributed by atoms with E-state index in [4.69, 9.17) is 4.74 Å². The fourth-order valence-corrected chi connectivity index (χ4v) is 1.49. The second kappa shape index (κ2) is 5.26. The summed E-state index contributed by atoms with van der Waals surface area (Å²) in [6, 6.07) is 2.53. The smallest absolute Gasteiger partial charge is 0.258 e. The largest absolute Gasteiger partial charge is 0.482 e. The van der Waals surface area contributed by atoms with Crippen molar-refractivity contribution in [1.29, 1.82) is 0 Å². The standard InChI is InChI=1S/C11H11N3O4/c15-9-4-8(11(17)14-9)13-10(16)6-18-7-2-1-3-12-5-7/h1-3,5,8H,4,6H2,(H,13,16)(H,14,15,17). The van der Waals surface area contributed by atoms with Crippen LogP contribution in [0.25, 0.3) is 0 Å². The van der Waals surface area contributed by atoms with Gasteiger partial charge >= 0.3 is 0 Å². The van der Waals surface area contributed by atoms with Crippen LogP contribution in [0.4, 0.5) is 0 Å². The first-order valence-corrected chi connectivity index (χ1v) is 5.31. The van der Waals surface area contributed by atoms with Gasteiger partial charge in [0.25, 0.3) is 5.91 Å². The van der Waals surface area contributed by atoms with Crippen molar-refractivity contribution < 1.29 is 19.1 Å². The number of pyridine rings is 1. The van der Waals surface area contributed by atoms with E-state index < -0.39 is 23.8 Å². The first kappa shape index (κ1) is 12.0. The normalized spacial score (nSPS) is 18.3. The number of carbonyl (C=O) groups is 3. The number of hydrogen-bond acceptors (Lipinski definition) is 5. The number of hydrogen-bond donors (Lipinski definition) is 2. The lowest BCUT2D eigenvalue weighted by atomic mass is 10.2. The van der Waals surface area contributed by atoms with Gasteiger partial charge in [-0.15, -0.1) is 0 Å². The van der Waals surface area contributed by atoms with Crippen molar-refractivity contribution >= 4 is 17.7 Å². The molecule has 7 heteroatoms. The maximum absolute atomic E-state index is 11.5. The fraction of sp³-hybridized carbons (Fsp3) is 0.273. The van der Waals surface area contributed by atoms with Gasteiger partial charge < -0.3 is 10.1 Å². The molecule has 2 N–H and O–H groups in total. The highest BCUT2D eigenvalue weighted by molar-refractivity contribution is 6.06. The van der Waals surface area contributed by atoms with Crippen molar-refractivity contribution in [3.63, 3.8) is 0 Å². The van der Waals surface area contributed by atoms with E-state index in [1.807, 2.05) is 0 Å². The zero-order valence-electron chi connectivity index (χ0n) is 9.38. The van der Waals surface area contributed by atoms with Crippen molar-refractivity contribution in [2.75, 3.05) is 6.61 Å². The SMILES string of the molecule is O=C1CC(NC(=O)COc2cccnc2)C(=O)N1. The monoisotopic (exact) mass is 249 g/mol. The molecule has 0 radical (unpaired) electrons. The Labute approximate surface area is 103 Å². The van der Waals surface area contributed by atoms with Gasteiger partial charge in [-0.05, 0) is 12.1 Å². The summed E-state index contributed by atoms with van der Waals surface area (Å²) >= 11 is 0. The molecule has 2 heterocycles. The zero-order valence-corrected chi connectivity index (χ0v) is 9.38. The highest BCUT2D eigenvalue weighted by Crippen LogP contribution is 2.06. The van der Waals surface area contributed by atoms with Crippen LogP contribution in [-0.4, -0.2) is 35.4 Å². The molecule has 0 spiro atoms.